The molecule has 0 aliphatic carbocycles. The summed E-state index contributed by atoms with van der Waals surface area (Å²) in [7, 11) is 2.70. The Labute approximate surface area is 119 Å². The summed E-state index contributed by atoms with van der Waals surface area (Å²) in [5.41, 5.74) is 1.25. The van der Waals surface area contributed by atoms with Gasteiger partial charge in [0.15, 0.2) is 0 Å². The maximum Gasteiger partial charge on any atom is 0.145 e. The predicted molar refractivity (Wildman–Crippen MR) is 81.4 cm³/mol. The Morgan fingerprint density at radius 2 is 1.74 bits per heavy atom. The third kappa shape index (κ3) is 3.46. The predicted octanol–water partition coefficient (Wildman–Crippen LogP) is 4.90. The Morgan fingerprint density at radius 3 is 2.32 bits per heavy atom. The van der Waals surface area contributed by atoms with Crippen LogP contribution in [0.15, 0.2) is 36.4 Å². The van der Waals surface area contributed by atoms with Gasteiger partial charge in [0.1, 0.15) is 17.3 Å². The highest BCUT2D eigenvalue weighted by atomic mass is 35.5. The Morgan fingerprint density at radius 1 is 1.11 bits per heavy atom. The van der Waals surface area contributed by atoms with Gasteiger partial charge in [-0.15, -0.1) is 9.24 Å². The van der Waals surface area contributed by atoms with Gasteiger partial charge in [-0.25, -0.2) is 4.39 Å². The molecule has 0 aromatic heterocycles. The molecule has 2 rings (SSSR count). The Balaban J connectivity index is 2.24. The standard InChI is InChI=1S/C15H15ClFOP/c1-9(2)12-5-3-11(8-15(12)19)18-10-4-6-13(16)14(17)7-10/h3-9H,19H2,1-2H3. The van der Waals surface area contributed by atoms with E-state index in [4.69, 9.17) is 16.3 Å². The molecule has 0 saturated carbocycles. The molecule has 100 valence electrons. The van der Waals surface area contributed by atoms with E-state index in [0.717, 1.165) is 5.30 Å². The molecule has 0 aliphatic heterocycles. The summed E-state index contributed by atoms with van der Waals surface area (Å²) < 4.78 is 18.9. The molecule has 0 aliphatic rings. The second-order valence-electron chi connectivity index (χ2n) is 4.62. The zero-order valence-corrected chi connectivity index (χ0v) is 12.7. The van der Waals surface area contributed by atoms with Crippen LogP contribution < -0.4 is 10.0 Å². The van der Waals surface area contributed by atoms with Crippen molar-refractivity contribution in [3.05, 3.63) is 52.8 Å². The van der Waals surface area contributed by atoms with Crippen molar-refractivity contribution in [1.82, 2.24) is 0 Å². The van der Waals surface area contributed by atoms with Crippen LogP contribution in [0.1, 0.15) is 25.3 Å². The van der Waals surface area contributed by atoms with Crippen molar-refractivity contribution in [2.45, 2.75) is 19.8 Å². The van der Waals surface area contributed by atoms with Gasteiger partial charge in [0, 0.05) is 6.07 Å². The zero-order chi connectivity index (χ0) is 14.0. The summed E-state index contributed by atoms with van der Waals surface area (Å²) in [5, 5.41) is 1.18. The molecule has 19 heavy (non-hydrogen) atoms. The smallest absolute Gasteiger partial charge is 0.145 e. The van der Waals surface area contributed by atoms with Gasteiger partial charge in [-0.1, -0.05) is 31.5 Å². The van der Waals surface area contributed by atoms with Crippen LogP contribution in [0.2, 0.25) is 5.02 Å². The van der Waals surface area contributed by atoms with Crippen molar-refractivity contribution in [2.75, 3.05) is 0 Å². The van der Waals surface area contributed by atoms with E-state index in [2.05, 4.69) is 23.1 Å². The lowest BCUT2D eigenvalue weighted by molar-refractivity contribution is 0.477. The minimum Gasteiger partial charge on any atom is -0.457 e. The van der Waals surface area contributed by atoms with Gasteiger partial charge < -0.3 is 4.74 Å². The van der Waals surface area contributed by atoms with Crippen LogP contribution in [-0.4, -0.2) is 0 Å². The maximum absolute atomic E-state index is 13.3. The van der Waals surface area contributed by atoms with Gasteiger partial charge in [-0.2, -0.15) is 0 Å². The van der Waals surface area contributed by atoms with Crippen LogP contribution >= 0.6 is 20.8 Å². The topological polar surface area (TPSA) is 9.23 Å². The van der Waals surface area contributed by atoms with Crippen molar-refractivity contribution < 1.29 is 9.13 Å². The lowest BCUT2D eigenvalue weighted by atomic mass is 10.0. The van der Waals surface area contributed by atoms with Gasteiger partial charge in [0.2, 0.25) is 0 Å². The van der Waals surface area contributed by atoms with Crippen molar-refractivity contribution in [3.63, 3.8) is 0 Å². The number of rotatable bonds is 3. The first-order valence-corrected chi connectivity index (χ1v) is 6.95. The molecule has 0 fully saturated rings. The summed E-state index contributed by atoms with van der Waals surface area (Å²) in [6, 6.07) is 10.2. The molecule has 1 atom stereocenters. The molecule has 4 heteroatoms. The monoisotopic (exact) mass is 296 g/mol. The summed E-state index contributed by atoms with van der Waals surface area (Å²) in [6.45, 7) is 4.27. The van der Waals surface area contributed by atoms with E-state index in [1.807, 2.05) is 18.2 Å². The van der Waals surface area contributed by atoms with Crippen molar-refractivity contribution in [3.8, 4) is 11.5 Å². The minimum absolute atomic E-state index is 0.0919. The highest BCUT2D eigenvalue weighted by Crippen LogP contribution is 2.26. The fourth-order valence-corrected chi connectivity index (χ4v) is 2.53. The van der Waals surface area contributed by atoms with E-state index in [0.29, 0.717) is 17.4 Å². The number of halogens is 2. The summed E-state index contributed by atoms with van der Waals surface area (Å²) >= 11 is 5.63. The normalized spacial score (nSPS) is 10.8. The first-order valence-electron chi connectivity index (χ1n) is 5.99. The van der Waals surface area contributed by atoms with Crippen molar-refractivity contribution in [1.29, 1.82) is 0 Å². The van der Waals surface area contributed by atoms with E-state index >= 15 is 0 Å². The van der Waals surface area contributed by atoms with Crippen LogP contribution in [0.3, 0.4) is 0 Å². The lowest BCUT2D eigenvalue weighted by Gasteiger charge is -2.12. The van der Waals surface area contributed by atoms with E-state index in [1.54, 1.807) is 6.07 Å². The van der Waals surface area contributed by atoms with Gasteiger partial charge >= 0.3 is 0 Å². The summed E-state index contributed by atoms with van der Waals surface area (Å²) in [4.78, 5) is 0. The molecule has 0 N–H and O–H groups in total. The van der Waals surface area contributed by atoms with Crippen molar-refractivity contribution in [2.24, 2.45) is 0 Å². The number of ether oxygens (including phenoxy) is 1. The molecule has 0 saturated heterocycles. The fraction of sp³-hybridized carbons (Fsp3) is 0.200. The second kappa shape index (κ2) is 5.90. The van der Waals surface area contributed by atoms with Gasteiger partial charge in [0.25, 0.3) is 0 Å². The third-order valence-corrected chi connectivity index (χ3v) is 3.61. The molecule has 0 heterocycles. The maximum atomic E-state index is 13.3. The van der Waals surface area contributed by atoms with Crippen LogP contribution in [0.5, 0.6) is 11.5 Å². The third-order valence-electron chi connectivity index (χ3n) is 2.81. The molecule has 2 aromatic rings. The molecule has 2 aromatic carbocycles. The van der Waals surface area contributed by atoms with Gasteiger partial charge in [-0.05, 0) is 41.1 Å². The summed E-state index contributed by atoms with van der Waals surface area (Å²) in [6.07, 6.45) is 0. The molecule has 0 amide bonds. The second-order valence-corrected chi connectivity index (χ2v) is 5.65. The fourth-order valence-electron chi connectivity index (χ4n) is 1.82. The average molecular weight is 297 g/mol. The zero-order valence-electron chi connectivity index (χ0n) is 10.8. The van der Waals surface area contributed by atoms with E-state index in [1.165, 1.54) is 17.7 Å². The van der Waals surface area contributed by atoms with Gasteiger partial charge in [-0.3, -0.25) is 0 Å². The molecule has 1 nitrogen and oxygen atoms in total. The average Bonchev–Trinajstić information content (AvgIpc) is 2.33. The first-order chi connectivity index (χ1) is 8.97. The quantitative estimate of drug-likeness (QED) is 0.732. The molecule has 1 unspecified atom stereocenters. The van der Waals surface area contributed by atoms with E-state index < -0.39 is 5.82 Å². The van der Waals surface area contributed by atoms with E-state index in [9.17, 15) is 4.39 Å². The van der Waals surface area contributed by atoms with Gasteiger partial charge in [0.05, 0.1) is 5.02 Å². The molecular formula is C15H15ClFOP. The summed E-state index contributed by atoms with van der Waals surface area (Å²) in [5.74, 6) is 1.08. The van der Waals surface area contributed by atoms with Crippen molar-refractivity contribution >= 4 is 26.1 Å². The molecular weight excluding hydrogens is 282 g/mol. The van der Waals surface area contributed by atoms with Crippen LogP contribution in [0.25, 0.3) is 0 Å². The molecule has 0 spiro atoms. The Kier molecular flexibility index (Phi) is 4.44. The van der Waals surface area contributed by atoms with Crippen LogP contribution in [0, 0.1) is 5.82 Å². The number of hydrogen-bond donors (Lipinski definition) is 0. The largest absolute Gasteiger partial charge is 0.457 e. The SMILES string of the molecule is CC(C)c1ccc(Oc2ccc(Cl)c(F)c2)cc1P. The van der Waals surface area contributed by atoms with E-state index in [-0.39, 0.29) is 5.02 Å². The van der Waals surface area contributed by atoms with Crippen LogP contribution in [0.4, 0.5) is 4.39 Å². The number of hydrogen-bond acceptors (Lipinski definition) is 1. The molecule has 0 radical (unpaired) electrons. The Hall–Kier alpha value is -1.11. The lowest BCUT2D eigenvalue weighted by Crippen LogP contribution is -2.03. The highest BCUT2D eigenvalue weighted by molar-refractivity contribution is 7.27. The number of benzene rings is 2. The first kappa shape index (κ1) is 14.3. The van der Waals surface area contributed by atoms with Crippen LogP contribution in [-0.2, 0) is 0 Å². The minimum atomic E-state index is -0.482. The highest BCUT2D eigenvalue weighted by Gasteiger charge is 2.07. The molecule has 0 bridgehead atoms. The Bertz CT molecular complexity index is 599.